The first-order chi connectivity index (χ1) is 7.99. The zero-order chi connectivity index (χ0) is 12.6. The number of carbonyl (C=O) groups excluding carboxylic acids is 1. The lowest BCUT2D eigenvalue weighted by Gasteiger charge is -2.06. The van der Waals surface area contributed by atoms with Gasteiger partial charge in [0.1, 0.15) is 0 Å². The molecule has 5 nitrogen and oxygen atoms in total. The second-order valence-corrected chi connectivity index (χ2v) is 4.12. The molecular formula is C11H11FN2O3. The largest absolute Gasteiger partial charge is 0.349 e. The van der Waals surface area contributed by atoms with Crippen molar-refractivity contribution < 1.29 is 14.1 Å². The van der Waals surface area contributed by atoms with Crippen LogP contribution in [0.5, 0.6) is 0 Å². The predicted octanol–water partition coefficient (Wildman–Crippen LogP) is 1.93. The van der Waals surface area contributed by atoms with Crippen molar-refractivity contribution in [2.24, 2.45) is 0 Å². The number of carbonyl (C=O) groups is 1. The first-order valence-corrected chi connectivity index (χ1v) is 5.24. The van der Waals surface area contributed by atoms with E-state index in [1.807, 2.05) is 0 Å². The molecule has 1 N–H and O–H groups in total. The first kappa shape index (κ1) is 11.5. The van der Waals surface area contributed by atoms with Gasteiger partial charge in [0, 0.05) is 17.7 Å². The summed E-state index contributed by atoms with van der Waals surface area (Å²) in [5, 5.41) is 13.3. The quantitative estimate of drug-likeness (QED) is 0.646. The third-order valence-corrected chi connectivity index (χ3v) is 2.65. The molecule has 0 aromatic heterocycles. The van der Waals surface area contributed by atoms with Crippen LogP contribution >= 0.6 is 0 Å². The Hall–Kier alpha value is -1.98. The molecule has 0 atom stereocenters. The van der Waals surface area contributed by atoms with Crippen LogP contribution in [-0.2, 0) is 0 Å². The fourth-order valence-electron chi connectivity index (χ4n) is 1.54. The first-order valence-electron chi connectivity index (χ1n) is 5.24. The Morgan fingerprint density at radius 3 is 2.71 bits per heavy atom. The molecule has 1 fully saturated rings. The van der Waals surface area contributed by atoms with E-state index in [-0.39, 0.29) is 17.5 Å². The predicted molar refractivity (Wildman–Crippen MR) is 58.3 cm³/mol. The molecule has 1 aromatic carbocycles. The smallest absolute Gasteiger partial charge is 0.305 e. The second-order valence-electron chi connectivity index (χ2n) is 4.12. The molecular weight excluding hydrogens is 227 g/mol. The standard InChI is InChI=1S/C11H11FN2O3/c1-6-4-9(12)10(14(16)17)5-8(6)11(15)13-7-2-3-7/h4-5,7H,2-3H2,1H3,(H,13,15). The minimum absolute atomic E-state index is 0.157. The summed E-state index contributed by atoms with van der Waals surface area (Å²) < 4.78 is 13.2. The number of nitro groups is 1. The van der Waals surface area contributed by atoms with Crippen molar-refractivity contribution in [2.45, 2.75) is 25.8 Å². The molecule has 0 spiro atoms. The monoisotopic (exact) mass is 238 g/mol. The zero-order valence-corrected chi connectivity index (χ0v) is 9.20. The van der Waals surface area contributed by atoms with Gasteiger partial charge in [-0.05, 0) is 31.4 Å². The fourth-order valence-corrected chi connectivity index (χ4v) is 1.54. The molecule has 1 aliphatic carbocycles. The van der Waals surface area contributed by atoms with Gasteiger partial charge in [-0.1, -0.05) is 0 Å². The lowest BCUT2D eigenvalue weighted by Crippen LogP contribution is -2.26. The van der Waals surface area contributed by atoms with Gasteiger partial charge in [0.25, 0.3) is 5.91 Å². The Morgan fingerprint density at radius 1 is 1.53 bits per heavy atom. The van der Waals surface area contributed by atoms with Crippen LogP contribution in [0.3, 0.4) is 0 Å². The number of nitrogens with one attached hydrogen (secondary N) is 1. The second kappa shape index (κ2) is 4.12. The van der Waals surface area contributed by atoms with Crippen molar-refractivity contribution in [3.8, 4) is 0 Å². The van der Waals surface area contributed by atoms with Crippen molar-refractivity contribution in [3.05, 3.63) is 39.2 Å². The highest BCUT2D eigenvalue weighted by molar-refractivity contribution is 5.96. The van der Waals surface area contributed by atoms with Crippen LogP contribution < -0.4 is 5.32 Å². The minimum Gasteiger partial charge on any atom is -0.349 e. The van der Waals surface area contributed by atoms with Gasteiger partial charge in [-0.3, -0.25) is 14.9 Å². The van der Waals surface area contributed by atoms with Gasteiger partial charge in [-0.2, -0.15) is 4.39 Å². The van der Waals surface area contributed by atoms with Gasteiger partial charge >= 0.3 is 5.69 Å². The van der Waals surface area contributed by atoms with Gasteiger partial charge in [0.2, 0.25) is 5.82 Å². The highest BCUT2D eigenvalue weighted by Crippen LogP contribution is 2.24. The Kier molecular flexibility index (Phi) is 2.79. The summed E-state index contributed by atoms with van der Waals surface area (Å²) in [6.07, 6.45) is 1.85. The number of hydrogen-bond acceptors (Lipinski definition) is 3. The molecule has 17 heavy (non-hydrogen) atoms. The molecule has 0 bridgehead atoms. The minimum atomic E-state index is -0.921. The molecule has 0 saturated heterocycles. The molecule has 90 valence electrons. The molecule has 1 amide bonds. The number of amides is 1. The molecule has 0 unspecified atom stereocenters. The summed E-state index contributed by atoms with van der Waals surface area (Å²) in [5.41, 5.74) is -0.118. The Bertz CT molecular complexity index is 498. The number of nitro benzene ring substituents is 1. The molecule has 0 heterocycles. The summed E-state index contributed by atoms with van der Waals surface area (Å²) in [7, 11) is 0. The highest BCUT2D eigenvalue weighted by Gasteiger charge is 2.26. The normalized spacial score (nSPS) is 14.5. The van der Waals surface area contributed by atoms with Gasteiger partial charge < -0.3 is 5.32 Å². The van der Waals surface area contributed by atoms with E-state index < -0.39 is 16.4 Å². The van der Waals surface area contributed by atoms with Crippen molar-refractivity contribution in [1.82, 2.24) is 5.32 Å². The number of hydrogen-bond donors (Lipinski definition) is 1. The lowest BCUT2D eigenvalue weighted by molar-refractivity contribution is -0.387. The summed E-state index contributed by atoms with van der Waals surface area (Å²) in [5.74, 6) is -1.30. The number of nitrogens with zero attached hydrogens (tertiary/aromatic N) is 1. The molecule has 1 saturated carbocycles. The van der Waals surface area contributed by atoms with Crippen LogP contribution in [0.1, 0.15) is 28.8 Å². The van der Waals surface area contributed by atoms with E-state index in [1.165, 1.54) is 0 Å². The number of rotatable bonds is 3. The van der Waals surface area contributed by atoms with Crippen LogP contribution in [0.15, 0.2) is 12.1 Å². The topological polar surface area (TPSA) is 72.2 Å². The maximum atomic E-state index is 13.2. The van der Waals surface area contributed by atoms with Crippen LogP contribution in [0.2, 0.25) is 0 Å². The third-order valence-electron chi connectivity index (χ3n) is 2.65. The van der Waals surface area contributed by atoms with Gasteiger partial charge in [-0.15, -0.1) is 0 Å². The van der Waals surface area contributed by atoms with E-state index >= 15 is 0 Å². The number of halogens is 1. The highest BCUT2D eigenvalue weighted by atomic mass is 19.1. The van der Waals surface area contributed by atoms with Gasteiger partial charge in [0.05, 0.1) is 4.92 Å². The molecule has 1 aliphatic rings. The van der Waals surface area contributed by atoms with Crippen LogP contribution in [0.25, 0.3) is 0 Å². The summed E-state index contributed by atoms with van der Waals surface area (Å²) in [6.45, 7) is 1.55. The van der Waals surface area contributed by atoms with E-state index in [0.717, 1.165) is 25.0 Å². The maximum absolute atomic E-state index is 13.2. The lowest BCUT2D eigenvalue weighted by atomic mass is 10.1. The van der Waals surface area contributed by atoms with E-state index in [9.17, 15) is 19.3 Å². The van der Waals surface area contributed by atoms with Crippen LogP contribution in [0, 0.1) is 22.9 Å². The molecule has 2 rings (SSSR count). The SMILES string of the molecule is Cc1cc(F)c([N+](=O)[O-])cc1C(=O)NC1CC1. The number of benzene rings is 1. The van der Waals surface area contributed by atoms with Gasteiger partial charge in [0.15, 0.2) is 0 Å². The average molecular weight is 238 g/mol. The number of aryl methyl sites for hydroxylation is 1. The fraction of sp³-hybridized carbons (Fsp3) is 0.364. The van der Waals surface area contributed by atoms with Crippen LogP contribution in [0.4, 0.5) is 10.1 Å². The Balaban J connectivity index is 2.34. The molecule has 0 aliphatic heterocycles. The Morgan fingerprint density at radius 2 is 2.18 bits per heavy atom. The molecule has 1 aromatic rings. The van der Waals surface area contributed by atoms with Gasteiger partial charge in [-0.25, -0.2) is 0 Å². The van der Waals surface area contributed by atoms with E-state index in [0.29, 0.717) is 5.56 Å². The van der Waals surface area contributed by atoms with Crippen molar-refractivity contribution in [1.29, 1.82) is 0 Å². The summed E-state index contributed by atoms with van der Waals surface area (Å²) >= 11 is 0. The zero-order valence-electron chi connectivity index (χ0n) is 9.20. The van der Waals surface area contributed by atoms with E-state index in [1.54, 1.807) is 6.92 Å². The average Bonchev–Trinajstić information content (AvgIpc) is 3.00. The maximum Gasteiger partial charge on any atom is 0.305 e. The van der Waals surface area contributed by atoms with E-state index in [2.05, 4.69) is 5.32 Å². The van der Waals surface area contributed by atoms with Crippen molar-refractivity contribution in [2.75, 3.05) is 0 Å². The van der Waals surface area contributed by atoms with E-state index in [4.69, 9.17) is 0 Å². The van der Waals surface area contributed by atoms with Crippen molar-refractivity contribution >= 4 is 11.6 Å². The summed E-state index contributed by atoms with van der Waals surface area (Å²) in [6, 6.07) is 2.16. The Labute approximate surface area is 96.8 Å². The van der Waals surface area contributed by atoms with Crippen LogP contribution in [-0.4, -0.2) is 16.9 Å². The van der Waals surface area contributed by atoms with Crippen molar-refractivity contribution in [3.63, 3.8) is 0 Å². The third kappa shape index (κ3) is 2.41. The molecule has 0 radical (unpaired) electrons. The summed E-state index contributed by atoms with van der Waals surface area (Å²) in [4.78, 5) is 21.5. The molecule has 6 heteroatoms.